The third kappa shape index (κ3) is 3.61. The van der Waals surface area contributed by atoms with E-state index < -0.39 is 11.7 Å². The van der Waals surface area contributed by atoms with Crippen LogP contribution < -0.4 is 5.32 Å². The average Bonchev–Trinajstić information content (AvgIpc) is 2.14. The van der Waals surface area contributed by atoms with E-state index in [0.717, 1.165) is 12.1 Å². The lowest BCUT2D eigenvalue weighted by Crippen LogP contribution is -2.10. The molecule has 0 fully saturated rings. The highest BCUT2D eigenvalue weighted by molar-refractivity contribution is 5.80. The van der Waals surface area contributed by atoms with Gasteiger partial charge in [-0.3, -0.25) is 4.79 Å². The fraction of sp³-hybridized carbons (Fsp3) is 0.300. The molecule has 0 heterocycles. The van der Waals surface area contributed by atoms with Gasteiger partial charge >= 0.3 is 6.18 Å². The van der Waals surface area contributed by atoms with E-state index in [1.165, 1.54) is 19.1 Å². The second-order valence-corrected chi connectivity index (χ2v) is 3.13. The molecule has 2 nitrogen and oxygen atoms in total. The smallest absolute Gasteiger partial charge is 0.378 e. The van der Waals surface area contributed by atoms with E-state index in [-0.39, 0.29) is 12.3 Å². The molecule has 1 rings (SSSR count). The summed E-state index contributed by atoms with van der Waals surface area (Å²) < 4.78 is 36.5. The van der Waals surface area contributed by atoms with Crippen molar-refractivity contribution in [2.45, 2.75) is 13.1 Å². The number of carbonyl (C=O) groups is 1. The van der Waals surface area contributed by atoms with Crippen LogP contribution in [0.5, 0.6) is 0 Å². The normalized spacial score (nSPS) is 11.2. The van der Waals surface area contributed by atoms with E-state index in [4.69, 9.17) is 0 Å². The third-order valence-corrected chi connectivity index (χ3v) is 1.75. The Kier molecular flexibility index (Phi) is 3.34. The predicted octanol–water partition coefficient (Wildman–Crippen LogP) is 2.71. The first-order valence-electron chi connectivity index (χ1n) is 4.30. The molecule has 0 spiro atoms. The number of rotatable bonds is 3. The Morgan fingerprint density at radius 3 is 2.20 bits per heavy atom. The summed E-state index contributed by atoms with van der Waals surface area (Å²) in [6.45, 7) is 1.52. The number of carbonyl (C=O) groups excluding carboxylic acids is 1. The SMILES string of the molecule is CC(=O)CNc1ccc(C(F)(F)F)cc1. The summed E-state index contributed by atoms with van der Waals surface area (Å²) in [6.07, 6.45) is -4.32. The lowest BCUT2D eigenvalue weighted by atomic mass is 10.2. The maximum atomic E-state index is 12.2. The lowest BCUT2D eigenvalue weighted by Gasteiger charge is -2.08. The van der Waals surface area contributed by atoms with Gasteiger partial charge in [0.15, 0.2) is 0 Å². The van der Waals surface area contributed by atoms with Crippen LogP contribution in [0.2, 0.25) is 0 Å². The van der Waals surface area contributed by atoms with Gasteiger partial charge in [0, 0.05) is 5.69 Å². The van der Waals surface area contributed by atoms with Crippen molar-refractivity contribution in [1.29, 1.82) is 0 Å². The monoisotopic (exact) mass is 217 g/mol. The zero-order valence-electron chi connectivity index (χ0n) is 8.06. The summed E-state index contributed by atoms with van der Waals surface area (Å²) in [5.74, 6) is -0.0742. The molecule has 15 heavy (non-hydrogen) atoms. The van der Waals surface area contributed by atoms with E-state index in [9.17, 15) is 18.0 Å². The van der Waals surface area contributed by atoms with Crippen LogP contribution in [0.4, 0.5) is 18.9 Å². The number of ketones is 1. The van der Waals surface area contributed by atoms with Crippen LogP contribution in [0.25, 0.3) is 0 Å². The molecule has 0 aliphatic rings. The summed E-state index contributed by atoms with van der Waals surface area (Å²) in [5.41, 5.74) is -0.200. The van der Waals surface area contributed by atoms with Gasteiger partial charge in [-0.2, -0.15) is 13.2 Å². The van der Waals surface area contributed by atoms with Crippen molar-refractivity contribution in [2.24, 2.45) is 0 Å². The van der Waals surface area contributed by atoms with Crippen LogP contribution in [0.15, 0.2) is 24.3 Å². The summed E-state index contributed by atoms with van der Waals surface area (Å²) >= 11 is 0. The zero-order valence-corrected chi connectivity index (χ0v) is 8.06. The van der Waals surface area contributed by atoms with Crippen LogP contribution in [0.3, 0.4) is 0 Å². The zero-order chi connectivity index (χ0) is 11.5. The van der Waals surface area contributed by atoms with E-state index >= 15 is 0 Å². The van der Waals surface area contributed by atoms with E-state index in [1.54, 1.807) is 0 Å². The largest absolute Gasteiger partial charge is 0.416 e. The lowest BCUT2D eigenvalue weighted by molar-refractivity contribution is -0.137. The van der Waals surface area contributed by atoms with Crippen LogP contribution in [-0.4, -0.2) is 12.3 Å². The van der Waals surface area contributed by atoms with Crippen LogP contribution in [-0.2, 0) is 11.0 Å². The Bertz CT molecular complexity index is 343. The Balaban J connectivity index is 2.69. The Morgan fingerprint density at radius 2 is 1.80 bits per heavy atom. The number of Topliss-reactive ketones (excluding diaryl/α,β-unsaturated/α-hetero) is 1. The molecule has 0 radical (unpaired) electrons. The first-order valence-corrected chi connectivity index (χ1v) is 4.30. The predicted molar refractivity (Wildman–Crippen MR) is 50.6 cm³/mol. The van der Waals surface area contributed by atoms with Crippen molar-refractivity contribution in [3.63, 3.8) is 0 Å². The van der Waals surface area contributed by atoms with Gasteiger partial charge in [0.2, 0.25) is 0 Å². The van der Waals surface area contributed by atoms with Gasteiger partial charge in [-0.25, -0.2) is 0 Å². The van der Waals surface area contributed by atoms with E-state index in [2.05, 4.69) is 5.32 Å². The molecule has 82 valence electrons. The van der Waals surface area contributed by atoms with Crippen molar-refractivity contribution in [3.05, 3.63) is 29.8 Å². The van der Waals surface area contributed by atoms with Gasteiger partial charge in [-0.05, 0) is 31.2 Å². The highest BCUT2D eigenvalue weighted by atomic mass is 19.4. The molecule has 5 heteroatoms. The highest BCUT2D eigenvalue weighted by Gasteiger charge is 2.29. The first-order chi connectivity index (χ1) is 6.89. The molecule has 1 aromatic rings. The molecule has 1 aromatic carbocycles. The number of halogens is 3. The quantitative estimate of drug-likeness (QED) is 0.843. The van der Waals surface area contributed by atoms with Gasteiger partial charge in [-0.1, -0.05) is 0 Å². The van der Waals surface area contributed by atoms with Crippen molar-refractivity contribution < 1.29 is 18.0 Å². The number of anilines is 1. The molecular formula is C10H10F3NO. The van der Waals surface area contributed by atoms with Gasteiger partial charge in [-0.15, -0.1) is 0 Å². The van der Waals surface area contributed by atoms with Crippen molar-refractivity contribution >= 4 is 11.5 Å². The molecule has 0 saturated heterocycles. The van der Waals surface area contributed by atoms with Crippen LogP contribution in [0.1, 0.15) is 12.5 Å². The molecule has 0 aromatic heterocycles. The summed E-state index contributed by atoms with van der Waals surface area (Å²) in [7, 11) is 0. The number of hydrogen-bond donors (Lipinski definition) is 1. The minimum atomic E-state index is -4.32. The standard InChI is InChI=1S/C10H10F3NO/c1-7(15)6-14-9-4-2-8(3-5-9)10(11,12)13/h2-5,14H,6H2,1H3. The van der Waals surface area contributed by atoms with Crippen LogP contribution >= 0.6 is 0 Å². The summed E-state index contributed by atoms with van der Waals surface area (Å²) in [6, 6.07) is 4.54. The molecule has 0 atom stereocenters. The van der Waals surface area contributed by atoms with Gasteiger partial charge in [0.05, 0.1) is 12.1 Å². The number of hydrogen-bond acceptors (Lipinski definition) is 2. The molecule has 0 aliphatic heterocycles. The topological polar surface area (TPSA) is 29.1 Å². The minimum absolute atomic E-state index is 0.0742. The molecule has 0 bridgehead atoms. The maximum absolute atomic E-state index is 12.2. The number of alkyl halides is 3. The Morgan fingerprint density at radius 1 is 1.27 bits per heavy atom. The average molecular weight is 217 g/mol. The molecule has 1 N–H and O–H groups in total. The number of nitrogens with one attached hydrogen (secondary N) is 1. The van der Waals surface area contributed by atoms with Crippen LogP contribution in [0, 0.1) is 0 Å². The molecule has 0 amide bonds. The maximum Gasteiger partial charge on any atom is 0.416 e. The molecule has 0 aliphatic carbocycles. The summed E-state index contributed by atoms with van der Waals surface area (Å²) in [5, 5.41) is 2.71. The van der Waals surface area contributed by atoms with Crippen molar-refractivity contribution in [1.82, 2.24) is 0 Å². The van der Waals surface area contributed by atoms with Crippen molar-refractivity contribution in [2.75, 3.05) is 11.9 Å². The second kappa shape index (κ2) is 4.33. The van der Waals surface area contributed by atoms with Crippen molar-refractivity contribution in [3.8, 4) is 0 Å². The highest BCUT2D eigenvalue weighted by Crippen LogP contribution is 2.29. The molecule has 0 unspecified atom stereocenters. The Hall–Kier alpha value is -1.52. The fourth-order valence-corrected chi connectivity index (χ4v) is 1.00. The second-order valence-electron chi connectivity index (χ2n) is 3.13. The Labute approximate surface area is 85.1 Å². The van der Waals surface area contributed by atoms with Gasteiger partial charge < -0.3 is 5.32 Å². The number of benzene rings is 1. The fourth-order valence-electron chi connectivity index (χ4n) is 1.00. The van der Waals surface area contributed by atoms with E-state index in [0.29, 0.717) is 5.69 Å². The first kappa shape index (κ1) is 11.6. The molecular weight excluding hydrogens is 207 g/mol. The molecule has 0 saturated carbocycles. The summed E-state index contributed by atoms with van der Waals surface area (Å²) in [4.78, 5) is 10.6. The third-order valence-electron chi connectivity index (χ3n) is 1.75. The van der Waals surface area contributed by atoms with E-state index in [1.807, 2.05) is 0 Å². The minimum Gasteiger partial charge on any atom is -0.378 e. The van der Waals surface area contributed by atoms with Gasteiger partial charge in [0.25, 0.3) is 0 Å². The van der Waals surface area contributed by atoms with Gasteiger partial charge in [0.1, 0.15) is 5.78 Å².